The number of aromatic nitrogens is 3. The Balaban J connectivity index is 1.55. The van der Waals surface area contributed by atoms with Gasteiger partial charge in [0.25, 0.3) is 0 Å². The Morgan fingerprint density at radius 1 is 0.625 bits per heavy atom. The lowest BCUT2D eigenvalue weighted by Crippen LogP contribution is -2.07. The van der Waals surface area contributed by atoms with Crippen LogP contribution in [0.5, 0.6) is 17.2 Å². The minimum absolute atomic E-state index is 0.0385. The van der Waals surface area contributed by atoms with Crippen LogP contribution in [0.25, 0.3) is 16.7 Å². The summed E-state index contributed by atoms with van der Waals surface area (Å²) in [6.45, 7) is 0.659. The first-order valence-electron chi connectivity index (χ1n) is 10.3. The number of hydrogen-bond donors (Lipinski definition) is 1. The number of benzene rings is 4. The van der Waals surface area contributed by atoms with E-state index in [4.69, 9.17) is 9.47 Å². The summed E-state index contributed by atoms with van der Waals surface area (Å²) in [6.07, 6.45) is 0. The number of rotatable bonds is 7. The largest absolute Gasteiger partial charge is 0.508 e. The van der Waals surface area contributed by atoms with Crippen LogP contribution in [-0.2, 0) is 13.2 Å². The van der Waals surface area contributed by atoms with E-state index in [1.165, 1.54) is 4.80 Å². The monoisotopic (exact) mass is 423 g/mol. The highest BCUT2D eigenvalue weighted by atomic mass is 16.5. The molecule has 0 unspecified atom stereocenters. The summed E-state index contributed by atoms with van der Waals surface area (Å²) in [4.78, 5) is 1.50. The molecule has 0 aliphatic rings. The minimum atomic E-state index is 0.0385. The van der Waals surface area contributed by atoms with Gasteiger partial charge < -0.3 is 14.6 Å². The lowest BCUT2D eigenvalue weighted by atomic mass is 10.2. The van der Waals surface area contributed by atoms with Crippen molar-refractivity contribution < 1.29 is 14.6 Å². The number of nitrogens with zero attached hydrogens (tertiary/aromatic N) is 3. The fraction of sp³-hybridized carbons (Fsp3) is 0.0769. The van der Waals surface area contributed by atoms with Crippen LogP contribution in [0.15, 0.2) is 97.1 Å². The Morgan fingerprint density at radius 2 is 1.06 bits per heavy atom. The third kappa shape index (κ3) is 4.25. The molecule has 1 aromatic heterocycles. The van der Waals surface area contributed by atoms with Crippen molar-refractivity contribution in [2.24, 2.45) is 0 Å². The number of phenolic OH excluding ortho intramolecular Hbond substituents is 1. The third-order valence-corrected chi connectivity index (χ3v) is 4.99. The predicted octanol–water partition coefficient (Wildman–Crippen LogP) is 5.28. The number of phenols is 1. The summed E-state index contributed by atoms with van der Waals surface area (Å²) in [5.74, 6) is 0.894. The highest BCUT2D eigenvalue weighted by molar-refractivity contribution is 5.74. The Morgan fingerprint density at radius 3 is 1.53 bits per heavy atom. The van der Waals surface area contributed by atoms with Crippen molar-refractivity contribution in [1.82, 2.24) is 15.0 Å². The number of ether oxygens (including phenoxy) is 2. The van der Waals surface area contributed by atoms with Crippen molar-refractivity contribution in [2.75, 3.05) is 0 Å². The summed E-state index contributed by atoms with van der Waals surface area (Å²) >= 11 is 0. The van der Waals surface area contributed by atoms with E-state index in [1.807, 2.05) is 84.9 Å². The van der Waals surface area contributed by atoms with Crippen LogP contribution in [0.3, 0.4) is 0 Å². The van der Waals surface area contributed by atoms with Gasteiger partial charge in [-0.25, -0.2) is 0 Å². The molecule has 0 atom stereocenters. The quantitative estimate of drug-likeness (QED) is 0.385. The van der Waals surface area contributed by atoms with E-state index in [0.29, 0.717) is 30.4 Å². The zero-order valence-electron chi connectivity index (χ0n) is 17.3. The topological polar surface area (TPSA) is 69.4 Å². The molecule has 1 heterocycles. The zero-order chi connectivity index (χ0) is 21.8. The molecule has 0 aliphatic carbocycles. The van der Waals surface area contributed by atoms with Crippen molar-refractivity contribution in [3.05, 3.63) is 108 Å². The van der Waals surface area contributed by atoms with E-state index in [2.05, 4.69) is 10.2 Å². The van der Waals surface area contributed by atoms with E-state index < -0.39 is 0 Å². The summed E-state index contributed by atoms with van der Waals surface area (Å²) in [5, 5.41) is 19.6. The molecule has 5 aromatic rings. The van der Waals surface area contributed by atoms with E-state index in [1.54, 1.807) is 12.1 Å². The molecule has 0 aliphatic heterocycles. The molecule has 0 bridgehead atoms. The van der Waals surface area contributed by atoms with E-state index in [9.17, 15) is 5.11 Å². The van der Waals surface area contributed by atoms with Gasteiger partial charge in [0.05, 0.1) is 0 Å². The molecular formula is C26H21N3O3. The van der Waals surface area contributed by atoms with Crippen LogP contribution in [0, 0.1) is 0 Å². The number of aromatic hydroxyl groups is 1. The second-order valence-electron chi connectivity index (χ2n) is 7.32. The first kappa shape index (κ1) is 19.6. The highest BCUT2D eigenvalue weighted by Crippen LogP contribution is 2.37. The molecule has 32 heavy (non-hydrogen) atoms. The van der Waals surface area contributed by atoms with Crippen molar-refractivity contribution in [2.45, 2.75) is 13.2 Å². The van der Waals surface area contributed by atoms with Crippen molar-refractivity contribution >= 4 is 11.0 Å². The summed E-state index contributed by atoms with van der Waals surface area (Å²) in [7, 11) is 0. The predicted molar refractivity (Wildman–Crippen MR) is 122 cm³/mol. The van der Waals surface area contributed by atoms with Gasteiger partial charge in [0.15, 0.2) is 17.2 Å². The zero-order valence-corrected chi connectivity index (χ0v) is 17.3. The lowest BCUT2D eigenvalue weighted by molar-refractivity contribution is 0.283. The van der Waals surface area contributed by atoms with E-state index in [-0.39, 0.29) is 5.75 Å². The van der Waals surface area contributed by atoms with Gasteiger partial charge in [-0.05, 0) is 23.3 Å². The standard InChI is InChI=1S/C26H21N3O3/c30-21-15-24(31-17-19-9-3-1-4-10-19)26(29-27-22-13-7-8-14-23(22)28-29)25(16-21)32-18-20-11-5-2-6-12-20/h1-16,30H,17-18H2. The molecular weight excluding hydrogens is 402 g/mol. The average molecular weight is 423 g/mol. The molecule has 5 rings (SSSR count). The Bertz CT molecular complexity index is 1240. The summed E-state index contributed by atoms with van der Waals surface area (Å²) in [5.41, 5.74) is 4.05. The maximum Gasteiger partial charge on any atom is 0.170 e. The average Bonchev–Trinajstić information content (AvgIpc) is 3.26. The molecule has 4 aromatic carbocycles. The normalized spacial score (nSPS) is 10.9. The van der Waals surface area contributed by atoms with Gasteiger partial charge in [0, 0.05) is 12.1 Å². The van der Waals surface area contributed by atoms with E-state index in [0.717, 1.165) is 22.2 Å². The summed E-state index contributed by atoms with van der Waals surface area (Å²) in [6, 6.07) is 30.4. The Hall–Kier alpha value is -4.32. The fourth-order valence-electron chi connectivity index (χ4n) is 3.42. The first-order valence-corrected chi connectivity index (χ1v) is 10.3. The van der Waals surface area contributed by atoms with Gasteiger partial charge in [-0.1, -0.05) is 72.8 Å². The van der Waals surface area contributed by atoms with Gasteiger partial charge in [-0.15, -0.1) is 15.0 Å². The second-order valence-corrected chi connectivity index (χ2v) is 7.32. The smallest absolute Gasteiger partial charge is 0.170 e. The number of fused-ring (bicyclic) bond motifs is 1. The van der Waals surface area contributed by atoms with E-state index >= 15 is 0 Å². The minimum Gasteiger partial charge on any atom is -0.508 e. The molecule has 0 spiro atoms. The molecule has 1 N–H and O–H groups in total. The van der Waals surface area contributed by atoms with Crippen LogP contribution in [0.4, 0.5) is 0 Å². The van der Waals surface area contributed by atoms with Crippen LogP contribution in [0.2, 0.25) is 0 Å². The maximum absolute atomic E-state index is 10.4. The van der Waals surface area contributed by atoms with Crippen LogP contribution >= 0.6 is 0 Å². The van der Waals surface area contributed by atoms with Crippen molar-refractivity contribution in [3.8, 4) is 22.9 Å². The molecule has 158 valence electrons. The molecule has 6 nitrogen and oxygen atoms in total. The van der Waals surface area contributed by atoms with Crippen molar-refractivity contribution in [1.29, 1.82) is 0 Å². The van der Waals surface area contributed by atoms with Crippen LogP contribution in [0.1, 0.15) is 11.1 Å². The lowest BCUT2D eigenvalue weighted by Gasteiger charge is -2.16. The first-order chi connectivity index (χ1) is 15.8. The Kier molecular flexibility index (Phi) is 5.41. The maximum atomic E-state index is 10.4. The second kappa shape index (κ2) is 8.81. The molecule has 0 saturated heterocycles. The molecule has 0 radical (unpaired) electrons. The molecule has 0 amide bonds. The van der Waals surface area contributed by atoms with Gasteiger partial charge in [-0.3, -0.25) is 0 Å². The summed E-state index contributed by atoms with van der Waals surface area (Å²) < 4.78 is 12.2. The van der Waals surface area contributed by atoms with Gasteiger partial charge >= 0.3 is 0 Å². The third-order valence-electron chi connectivity index (χ3n) is 4.99. The number of hydrogen-bond acceptors (Lipinski definition) is 5. The fourth-order valence-corrected chi connectivity index (χ4v) is 3.42. The van der Waals surface area contributed by atoms with Crippen LogP contribution in [-0.4, -0.2) is 20.1 Å². The highest BCUT2D eigenvalue weighted by Gasteiger charge is 2.19. The van der Waals surface area contributed by atoms with Crippen molar-refractivity contribution in [3.63, 3.8) is 0 Å². The Labute approximate surface area is 185 Å². The van der Waals surface area contributed by atoms with Crippen LogP contribution < -0.4 is 9.47 Å². The van der Waals surface area contributed by atoms with Gasteiger partial charge in [0.1, 0.15) is 30.0 Å². The molecule has 6 heteroatoms. The molecule has 0 fully saturated rings. The van der Waals surface area contributed by atoms with Gasteiger partial charge in [0.2, 0.25) is 0 Å². The van der Waals surface area contributed by atoms with Gasteiger partial charge in [-0.2, -0.15) is 0 Å². The SMILES string of the molecule is Oc1cc(OCc2ccccc2)c(-n2nc3ccccc3n2)c(OCc2ccccc2)c1. The molecule has 0 saturated carbocycles.